The van der Waals surface area contributed by atoms with Crippen LogP contribution in [-0.4, -0.2) is 32.6 Å². The molecule has 1 aromatic heterocycles. The molecule has 0 bridgehead atoms. The van der Waals surface area contributed by atoms with E-state index < -0.39 is 0 Å². The summed E-state index contributed by atoms with van der Waals surface area (Å²) in [6.45, 7) is 6.60. The van der Waals surface area contributed by atoms with Crippen LogP contribution in [0, 0.1) is 6.92 Å². The highest BCUT2D eigenvalue weighted by molar-refractivity contribution is 9.10. The number of fused-ring (bicyclic) bond motifs is 1. The predicted octanol–water partition coefficient (Wildman–Crippen LogP) is 6.36. The summed E-state index contributed by atoms with van der Waals surface area (Å²) in [6.07, 6.45) is 3.43. The van der Waals surface area contributed by atoms with Crippen LogP contribution in [0.4, 0.5) is 5.69 Å². The van der Waals surface area contributed by atoms with Gasteiger partial charge in [0.15, 0.2) is 5.11 Å². The third-order valence-corrected chi connectivity index (χ3v) is 6.51. The molecule has 1 heterocycles. The van der Waals surface area contributed by atoms with Gasteiger partial charge in [-0.3, -0.25) is 10.1 Å². The van der Waals surface area contributed by atoms with Crippen molar-refractivity contribution in [2.24, 2.45) is 0 Å². The first-order valence-electron chi connectivity index (χ1n) is 11.9. The number of amides is 1. The van der Waals surface area contributed by atoms with Crippen LogP contribution in [0.1, 0.15) is 48.2 Å². The van der Waals surface area contributed by atoms with Gasteiger partial charge in [0.1, 0.15) is 16.8 Å². The molecule has 0 aliphatic carbocycles. The lowest BCUT2D eigenvalue weighted by molar-refractivity contribution is 0.0977. The number of rotatable bonds is 8. The summed E-state index contributed by atoms with van der Waals surface area (Å²) in [5.74, 6) is 0.363. The number of nitrogens with zero attached hydrogens (tertiary/aromatic N) is 3. The average Bonchev–Trinajstić information content (AvgIpc) is 3.27. The number of nitrogens with one attached hydrogen (secondary N) is 2. The maximum Gasteiger partial charge on any atom is 0.257 e. The summed E-state index contributed by atoms with van der Waals surface area (Å²) < 4.78 is 6.20. The largest absolute Gasteiger partial charge is 0.493 e. The number of aryl methyl sites for hydroxylation is 2. The number of benzene rings is 3. The number of carbonyl (C=O) groups is 1. The van der Waals surface area contributed by atoms with Crippen molar-refractivity contribution < 1.29 is 9.53 Å². The molecule has 3 aromatic carbocycles. The normalized spacial score (nSPS) is 10.9. The molecule has 36 heavy (non-hydrogen) atoms. The molecule has 0 unspecified atom stereocenters. The standard InChI is InChI=1S/C27H28BrN5O2S/c1-4-6-7-18-8-11-20(12-9-18)33-31-23-14-17(3)22(16-24(23)32-33)29-27(36)30-26(34)19-10-13-25(35-5-2)21(28)15-19/h8-16H,4-7H2,1-3H3,(H2,29,30,34,36). The Kier molecular flexibility index (Phi) is 8.32. The number of hydrogen-bond donors (Lipinski definition) is 2. The Morgan fingerprint density at radius 3 is 2.44 bits per heavy atom. The van der Waals surface area contributed by atoms with Crippen molar-refractivity contribution in [3.05, 3.63) is 75.8 Å². The summed E-state index contributed by atoms with van der Waals surface area (Å²) in [6, 6.07) is 17.3. The van der Waals surface area contributed by atoms with Crippen molar-refractivity contribution in [3.63, 3.8) is 0 Å². The number of thiocarbonyl (C=S) groups is 1. The van der Waals surface area contributed by atoms with Gasteiger partial charge in [-0.2, -0.15) is 4.80 Å². The predicted molar refractivity (Wildman–Crippen MR) is 151 cm³/mol. The molecule has 1 amide bonds. The third-order valence-electron chi connectivity index (χ3n) is 5.68. The van der Waals surface area contributed by atoms with Crippen molar-refractivity contribution >= 4 is 55.9 Å². The van der Waals surface area contributed by atoms with Crippen LogP contribution < -0.4 is 15.4 Å². The first kappa shape index (κ1) is 25.8. The number of halogens is 1. The fourth-order valence-corrected chi connectivity index (χ4v) is 4.43. The smallest absolute Gasteiger partial charge is 0.257 e. The van der Waals surface area contributed by atoms with E-state index in [4.69, 9.17) is 17.0 Å². The molecular weight excluding hydrogens is 538 g/mol. The highest BCUT2D eigenvalue weighted by Crippen LogP contribution is 2.26. The lowest BCUT2D eigenvalue weighted by Gasteiger charge is -2.12. The van der Waals surface area contributed by atoms with Crippen LogP contribution >= 0.6 is 28.1 Å². The number of hydrogen-bond acceptors (Lipinski definition) is 5. The molecule has 4 rings (SSSR count). The van der Waals surface area contributed by atoms with E-state index in [0.717, 1.165) is 34.4 Å². The number of carbonyl (C=O) groups excluding carboxylic acids is 1. The summed E-state index contributed by atoms with van der Waals surface area (Å²) in [4.78, 5) is 14.3. The fourth-order valence-electron chi connectivity index (χ4n) is 3.74. The Bertz CT molecular complexity index is 1400. The molecule has 0 aliphatic rings. The van der Waals surface area contributed by atoms with Gasteiger partial charge in [-0.25, -0.2) is 0 Å². The summed E-state index contributed by atoms with van der Waals surface area (Å²) in [5, 5.41) is 15.3. The quantitative estimate of drug-likeness (QED) is 0.242. The van der Waals surface area contributed by atoms with E-state index >= 15 is 0 Å². The van der Waals surface area contributed by atoms with Gasteiger partial charge in [-0.1, -0.05) is 25.5 Å². The molecule has 0 spiro atoms. The number of anilines is 1. The van der Waals surface area contributed by atoms with E-state index in [9.17, 15) is 4.79 Å². The Labute approximate surface area is 224 Å². The SMILES string of the molecule is CCCCc1ccc(-n2nc3cc(C)c(NC(=S)NC(=O)c4ccc(OCC)c(Br)c4)cc3n2)cc1. The van der Waals surface area contributed by atoms with Crippen molar-refractivity contribution in [1.29, 1.82) is 0 Å². The number of aromatic nitrogens is 3. The van der Waals surface area contributed by atoms with E-state index in [2.05, 4.69) is 55.8 Å². The second-order valence-electron chi connectivity index (χ2n) is 8.40. The van der Waals surface area contributed by atoms with E-state index in [1.165, 1.54) is 18.4 Å². The topological polar surface area (TPSA) is 81.1 Å². The zero-order valence-corrected chi connectivity index (χ0v) is 22.9. The molecule has 0 fully saturated rings. The highest BCUT2D eigenvalue weighted by Gasteiger charge is 2.13. The zero-order valence-electron chi connectivity index (χ0n) is 20.5. The highest BCUT2D eigenvalue weighted by atomic mass is 79.9. The van der Waals surface area contributed by atoms with Crippen molar-refractivity contribution in [2.45, 2.75) is 40.0 Å². The molecule has 9 heteroatoms. The molecule has 2 N–H and O–H groups in total. The van der Waals surface area contributed by atoms with Crippen molar-refractivity contribution in [3.8, 4) is 11.4 Å². The van der Waals surface area contributed by atoms with Gasteiger partial charge in [-0.15, -0.1) is 10.2 Å². The number of unbranched alkanes of at least 4 members (excludes halogenated alkanes) is 1. The minimum atomic E-state index is -0.316. The number of ether oxygens (including phenoxy) is 1. The lowest BCUT2D eigenvalue weighted by Crippen LogP contribution is -2.34. The Morgan fingerprint density at radius 1 is 1.06 bits per heavy atom. The van der Waals surface area contributed by atoms with Gasteiger partial charge < -0.3 is 10.1 Å². The molecular formula is C27H28BrN5O2S. The van der Waals surface area contributed by atoms with E-state index in [1.54, 1.807) is 23.0 Å². The first-order valence-corrected chi connectivity index (χ1v) is 13.1. The summed E-state index contributed by atoms with van der Waals surface area (Å²) in [7, 11) is 0. The van der Waals surface area contributed by atoms with Gasteiger partial charge in [0.2, 0.25) is 0 Å². The summed E-state index contributed by atoms with van der Waals surface area (Å²) in [5.41, 5.74) is 5.87. The van der Waals surface area contributed by atoms with E-state index in [-0.39, 0.29) is 11.0 Å². The second kappa shape index (κ2) is 11.6. The Morgan fingerprint density at radius 2 is 1.78 bits per heavy atom. The van der Waals surface area contributed by atoms with E-state index in [0.29, 0.717) is 22.4 Å². The van der Waals surface area contributed by atoms with Gasteiger partial charge >= 0.3 is 0 Å². The molecule has 0 saturated heterocycles. The van der Waals surface area contributed by atoms with Gasteiger partial charge in [-0.05, 0) is 108 Å². The maximum absolute atomic E-state index is 12.7. The minimum absolute atomic E-state index is 0.197. The third kappa shape index (κ3) is 6.09. The van der Waals surface area contributed by atoms with Crippen LogP contribution in [0.3, 0.4) is 0 Å². The fraction of sp³-hybridized carbons (Fsp3) is 0.259. The molecule has 4 aromatic rings. The molecule has 186 valence electrons. The van der Waals surface area contributed by atoms with Crippen LogP contribution in [0.25, 0.3) is 16.7 Å². The molecule has 0 saturated carbocycles. The molecule has 0 aliphatic heterocycles. The molecule has 0 radical (unpaired) electrons. The van der Waals surface area contributed by atoms with Crippen LogP contribution in [-0.2, 0) is 6.42 Å². The van der Waals surface area contributed by atoms with Crippen LogP contribution in [0.5, 0.6) is 5.75 Å². The van der Waals surface area contributed by atoms with Crippen LogP contribution in [0.15, 0.2) is 59.1 Å². The molecule has 0 atom stereocenters. The monoisotopic (exact) mass is 565 g/mol. The first-order chi connectivity index (χ1) is 17.4. The second-order valence-corrected chi connectivity index (χ2v) is 9.66. The summed E-state index contributed by atoms with van der Waals surface area (Å²) >= 11 is 8.83. The Hall–Kier alpha value is -3.30. The van der Waals surface area contributed by atoms with Gasteiger partial charge in [0, 0.05) is 11.3 Å². The van der Waals surface area contributed by atoms with E-state index in [1.807, 2.05) is 38.1 Å². The lowest BCUT2D eigenvalue weighted by atomic mass is 10.1. The van der Waals surface area contributed by atoms with Gasteiger partial charge in [0.05, 0.1) is 16.8 Å². The van der Waals surface area contributed by atoms with Gasteiger partial charge in [0.25, 0.3) is 5.91 Å². The zero-order chi connectivity index (χ0) is 25.7. The van der Waals surface area contributed by atoms with Crippen molar-refractivity contribution in [1.82, 2.24) is 20.3 Å². The van der Waals surface area contributed by atoms with Crippen LogP contribution in [0.2, 0.25) is 0 Å². The molecule has 7 nitrogen and oxygen atoms in total. The minimum Gasteiger partial charge on any atom is -0.493 e. The van der Waals surface area contributed by atoms with Crippen molar-refractivity contribution in [2.75, 3.05) is 11.9 Å². The maximum atomic E-state index is 12.7. The Balaban J connectivity index is 1.46. The average molecular weight is 567 g/mol.